The van der Waals surface area contributed by atoms with Crippen LogP contribution in [0.15, 0.2) is 48.5 Å². The molecule has 0 saturated carbocycles. The van der Waals surface area contributed by atoms with Crippen molar-refractivity contribution in [3.63, 3.8) is 0 Å². The first-order valence-electron chi connectivity index (χ1n) is 6.91. The lowest BCUT2D eigenvalue weighted by molar-refractivity contribution is 0.306. The predicted octanol–water partition coefficient (Wildman–Crippen LogP) is 4.34. The molecule has 3 heteroatoms. The average molecular weight is 283 g/mol. The summed E-state index contributed by atoms with van der Waals surface area (Å²) in [5.74, 6) is 0.919. The highest BCUT2D eigenvalue weighted by atomic mass is 32.1. The molecule has 2 aromatic carbocycles. The number of fused-ring (bicyclic) bond motifs is 1. The van der Waals surface area contributed by atoms with Gasteiger partial charge in [-0.25, -0.2) is 0 Å². The molecule has 0 unspecified atom stereocenters. The molecule has 20 heavy (non-hydrogen) atoms. The van der Waals surface area contributed by atoms with Gasteiger partial charge in [-0.1, -0.05) is 42.5 Å². The maximum atomic E-state index is 5.87. The first-order valence-corrected chi connectivity index (χ1v) is 7.31. The summed E-state index contributed by atoms with van der Waals surface area (Å²) < 4.78 is 5.87. The van der Waals surface area contributed by atoms with E-state index in [1.54, 1.807) is 0 Å². The predicted molar refractivity (Wildman–Crippen MR) is 86.4 cm³/mol. The Balaban J connectivity index is 1.72. The van der Waals surface area contributed by atoms with E-state index < -0.39 is 0 Å². The lowest BCUT2D eigenvalue weighted by atomic mass is 10.1. The normalized spacial score (nSPS) is 14.1. The van der Waals surface area contributed by atoms with Gasteiger partial charge in [-0.2, -0.15) is 0 Å². The van der Waals surface area contributed by atoms with Crippen LogP contribution >= 0.6 is 12.2 Å². The second kappa shape index (κ2) is 6.06. The molecule has 0 saturated heterocycles. The van der Waals surface area contributed by atoms with Gasteiger partial charge in [0.05, 0.1) is 4.99 Å². The quantitative estimate of drug-likeness (QED) is 0.847. The van der Waals surface area contributed by atoms with Gasteiger partial charge < -0.3 is 10.1 Å². The fraction of sp³-hybridized carbons (Fsp3) is 0.235. The summed E-state index contributed by atoms with van der Waals surface area (Å²) in [4.78, 5) is 0.932. The first-order chi connectivity index (χ1) is 9.81. The van der Waals surface area contributed by atoms with Crippen molar-refractivity contribution in [2.45, 2.75) is 25.9 Å². The third kappa shape index (κ3) is 3.17. The number of hydrogen-bond acceptors (Lipinski definition) is 2. The number of ether oxygens (including phenoxy) is 1. The van der Waals surface area contributed by atoms with Crippen molar-refractivity contribution in [1.29, 1.82) is 0 Å². The lowest BCUT2D eigenvalue weighted by Crippen LogP contribution is -2.06. The number of thiocarbonyl (C=S) groups is 1. The van der Waals surface area contributed by atoms with Crippen LogP contribution in [0.3, 0.4) is 0 Å². The molecule has 0 aromatic heterocycles. The van der Waals surface area contributed by atoms with Crippen LogP contribution in [-0.4, -0.2) is 4.99 Å². The second-order valence-corrected chi connectivity index (χ2v) is 5.49. The van der Waals surface area contributed by atoms with Gasteiger partial charge >= 0.3 is 0 Å². The Morgan fingerprint density at radius 2 is 1.90 bits per heavy atom. The van der Waals surface area contributed by atoms with Gasteiger partial charge in [0.25, 0.3) is 0 Å². The standard InChI is InChI=1S/C17H17NOS/c20-17-8-4-7-14-11-15(9-10-16(14)18-17)19-12-13-5-2-1-3-6-13/h1-3,5-6,9-11H,4,7-8,12H2,(H,18,20). The third-order valence-corrected chi connectivity index (χ3v) is 3.76. The Morgan fingerprint density at radius 3 is 2.75 bits per heavy atom. The third-order valence-electron chi connectivity index (χ3n) is 3.45. The molecule has 1 heterocycles. The highest BCUT2D eigenvalue weighted by molar-refractivity contribution is 7.80. The van der Waals surface area contributed by atoms with Crippen LogP contribution < -0.4 is 10.1 Å². The summed E-state index contributed by atoms with van der Waals surface area (Å²) >= 11 is 5.27. The Labute approximate surface area is 124 Å². The van der Waals surface area contributed by atoms with E-state index >= 15 is 0 Å². The zero-order valence-electron chi connectivity index (χ0n) is 11.3. The largest absolute Gasteiger partial charge is 0.489 e. The molecule has 2 nitrogen and oxygen atoms in total. The number of rotatable bonds is 3. The van der Waals surface area contributed by atoms with Crippen molar-refractivity contribution in [2.24, 2.45) is 0 Å². The molecule has 0 aliphatic carbocycles. The minimum Gasteiger partial charge on any atom is -0.489 e. The minimum atomic E-state index is 0.603. The van der Waals surface area contributed by atoms with Gasteiger partial charge in [0.1, 0.15) is 12.4 Å². The molecular weight excluding hydrogens is 266 g/mol. The SMILES string of the molecule is S=C1CCCc2cc(OCc3ccccc3)ccc2N1. The van der Waals surface area contributed by atoms with E-state index in [9.17, 15) is 0 Å². The molecule has 0 atom stereocenters. The Kier molecular flexibility index (Phi) is 3.97. The van der Waals surface area contributed by atoms with Gasteiger partial charge in [0.2, 0.25) is 0 Å². The molecule has 2 aromatic rings. The van der Waals surface area contributed by atoms with Crippen molar-refractivity contribution in [3.8, 4) is 5.75 Å². The number of hydrogen-bond donors (Lipinski definition) is 1. The van der Waals surface area contributed by atoms with Gasteiger partial charge in [-0.3, -0.25) is 0 Å². The Bertz CT molecular complexity index is 610. The fourth-order valence-corrected chi connectivity index (χ4v) is 2.64. The van der Waals surface area contributed by atoms with E-state index in [-0.39, 0.29) is 0 Å². The number of nitrogens with one attached hydrogen (secondary N) is 1. The lowest BCUT2D eigenvalue weighted by Gasteiger charge is -2.11. The van der Waals surface area contributed by atoms with Crippen molar-refractivity contribution < 1.29 is 4.74 Å². The molecule has 1 N–H and O–H groups in total. The summed E-state index contributed by atoms with van der Waals surface area (Å²) in [7, 11) is 0. The van der Waals surface area contributed by atoms with Crippen LogP contribution in [0.25, 0.3) is 0 Å². The molecule has 102 valence electrons. The maximum Gasteiger partial charge on any atom is 0.120 e. The Hall–Kier alpha value is -1.87. The van der Waals surface area contributed by atoms with Crippen molar-refractivity contribution in [2.75, 3.05) is 5.32 Å². The van der Waals surface area contributed by atoms with E-state index in [2.05, 4.69) is 29.6 Å². The Morgan fingerprint density at radius 1 is 1.05 bits per heavy atom. The molecular formula is C17H17NOS. The average Bonchev–Trinajstić information content (AvgIpc) is 2.66. The monoisotopic (exact) mass is 283 g/mol. The van der Waals surface area contributed by atoms with E-state index in [4.69, 9.17) is 17.0 Å². The van der Waals surface area contributed by atoms with Crippen molar-refractivity contribution in [1.82, 2.24) is 0 Å². The smallest absolute Gasteiger partial charge is 0.120 e. The second-order valence-electron chi connectivity index (χ2n) is 4.99. The van der Waals surface area contributed by atoms with Gasteiger partial charge in [0, 0.05) is 5.69 Å². The first kappa shape index (κ1) is 13.1. The molecule has 0 bridgehead atoms. The van der Waals surface area contributed by atoms with Gasteiger partial charge in [0.15, 0.2) is 0 Å². The topological polar surface area (TPSA) is 21.3 Å². The van der Waals surface area contributed by atoms with Crippen LogP contribution in [0.1, 0.15) is 24.0 Å². The highest BCUT2D eigenvalue weighted by Crippen LogP contribution is 2.27. The fourth-order valence-electron chi connectivity index (χ4n) is 2.38. The van der Waals surface area contributed by atoms with Gasteiger partial charge in [-0.15, -0.1) is 0 Å². The van der Waals surface area contributed by atoms with Crippen molar-refractivity contribution in [3.05, 3.63) is 59.7 Å². The van der Waals surface area contributed by atoms with E-state index in [0.29, 0.717) is 6.61 Å². The van der Waals surface area contributed by atoms with Crippen LogP contribution in [0.5, 0.6) is 5.75 Å². The summed E-state index contributed by atoms with van der Waals surface area (Å²) in [6.07, 6.45) is 3.11. The molecule has 0 radical (unpaired) electrons. The zero-order valence-corrected chi connectivity index (χ0v) is 12.1. The van der Waals surface area contributed by atoms with Crippen LogP contribution in [0.2, 0.25) is 0 Å². The van der Waals surface area contributed by atoms with Crippen LogP contribution in [0, 0.1) is 0 Å². The van der Waals surface area contributed by atoms with Gasteiger partial charge in [-0.05, 0) is 48.6 Å². The molecule has 3 rings (SSSR count). The van der Waals surface area contributed by atoms with Crippen LogP contribution in [0.4, 0.5) is 5.69 Å². The van der Waals surface area contributed by atoms with Crippen molar-refractivity contribution >= 4 is 22.9 Å². The number of benzene rings is 2. The maximum absolute atomic E-state index is 5.87. The molecule has 0 spiro atoms. The molecule has 1 aliphatic heterocycles. The van der Waals surface area contributed by atoms with Crippen LogP contribution in [-0.2, 0) is 13.0 Å². The number of anilines is 1. The zero-order chi connectivity index (χ0) is 13.8. The summed E-state index contributed by atoms with van der Waals surface area (Å²) in [6.45, 7) is 0.603. The van der Waals surface area contributed by atoms with E-state index in [0.717, 1.165) is 35.7 Å². The highest BCUT2D eigenvalue weighted by Gasteiger charge is 2.11. The number of aryl methyl sites for hydroxylation is 1. The molecule has 0 amide bonds. The van der Waals surface area contributed by atoms with E-state index in [1.165, 1.54) is 11.1 Å². The summed E-state index contributed by atoms with van der Waals surface area (Å²) in [5, 5.41) is 3.30. The summed E-state index contributed by atoms with van der Waals surface area (Å²) in [5.41, 5.74) is 3.59. The molecule has 0 fully saturated rings. The molecule has 1 aliphatic rings. The van der Waals surface area contributed by atoms with E-state index in [1.807, 2.05) is 24.3 Å². The summed E-state index contributed by atoms with van der Waals surface area (Å²) in [6, 6.07) is 16.4. The minimum absolute atomic E-state index is 0.603.